The molecule has 1 N–H and O–H groups in total. The highest BCUT2D eigenvalue weighted by molar-refractivity contribution is 5.85. The van der Waals surface area contributed by atoms with Crippen molar-refractivity contribution in [2.24, 2.45) is 11.3 Å². The fourth-order valence-corrected chi connectivity index (χ4v) is 2.46. The maximum atomic E-state index is 11.4. The van der Waals surface area contributed by atoms with Crippen LogP contribution in [0.1, 0.15) is 40.0 Å². The average Bonchev–Trinajstić information content (AvgIpc) is 2.44. The van der Waals surface area contributed by atoms with E-state index in [1.807, 2.05) is 0 Å². The monoisotopic (exact) mass is 195 g/mol. The smallest absolute Gasteiger partial charge is 0.150 e. The molecule has 0 bridgehead atoms. The van der Waals surface area contributed by atoms with E-state index in [1.165, 1.54) is 6.92 Å². The van der Waals surface area contributed by atoms with Crippen LogP contribution in [-0.2, 0) is 4.79 Å². The summed E-state index contributed by atoms with van der Waals surface area (Å²) in [5.41, 5.74) is -1.89. The average molecular weight is 195 g/mol. The zero-order valence-electron chi connectivity index (χ0n) is 9.00. The zero-order chi connectivity index (χ0) is 11.0. The van der Waals surface area contributed by atoms with Gasteiger partial charge in [-0.3, -0.25) is 4.79 Å². The van der Waals surface area contributed by atoms with Gasteiger partial charge in [0.25, 0.3) is 0 Å². The van der Waals surface area contributed by atoms with Crippen molar-refractivity contribution in [3.8, 4) is 6.07 Å². The first-order valence-electron chi connectivity index (χ1n) is 4.99. The van der Waals surface area contributed by atoms with Gasteiger partial charge in [-0.25, -0.2) is 0 Å². The van der Waals surface area contributed by atoms with Gasteiger partial charge in [-0.1, -0.05) is 6.42 Å². The summed E-state index contributed by atoms with van der Waals surface area (Å²) in [6, 6.07) is 2.07. The number of hydrogen-bond donors (Lipinski definition) is 1. The summed E-state index contributed by atoms with van der Waals surface area (Å²) in [4.78, 5) is 11.4. The van der Waals surface area contributed by atoms with Crippen molar-refractivity contribution in [1.29, 1.82) is 5.26 Å². The first-order chi connectivity index (χ1) is 6.34. The van der Waals surface area contributed by atoms with Gasteiger partial charge in [-0.15, -0.1) is 0 Å². The number of carbonyl (C=O) groups excluding carboxylic acids is 1. The molecule has 1 saturated carbocycles. The summed E-state index contributed by atoms with van der Waals surface area (Å²) in [6.45, 7) is 4.79. The maximum Gasteiger partial charge on any atom is 0.150 e. The number of nitriles is 1. The summed E-state index contributed by atoms with van der Waals surface area (Å²) < 4.78 is 0. The molecule has 1 aliphatic carbocycles. The Labute approximate surface area is 84.7 Å². The maximum absolute atomic E-state index is 11.4. The van der Waals surface area contributed by atoms with Crippen molar-refractivity contribution in [1.82, 2.24) is 0 Å². The molecular formula is C11H17NO2. The Morgan fingerprint density at radius 2 is 2.29 bits per heavy atom. The lowest BCUT2D eigenvalue weighted by atomic mass is 9.69. The Morgan fingerprint density at radius 3 is 2.57 bits per heavy atom. The lowest BCUT2D eigenvalue weighted by molar-refractivity contribution is -0.130. The van der Waals surface area contributed by atoms with Crippen LogP contribution in [0.3, 0.4) is 0 Å². The first-order valence-corrected chi connectivity index (χ1v) is 4.99. The van der Waals surface area contributed by atoms with Crippen molar-refractivity contribution in [2.75, 3.05) is 0 Å². The fourth-order valence-electron chi connectivity index (χ4n) is 2.46. The van der Waals surface area contributed by atoms with Crippen LogP contribution < -0.4 is 0 Å². The van der Waals surface area contributed by atoms with Gasteiger partial charge >= 0.3 is 0 Å². The second-order valence-corrected chi connectivity index (χ2v) is 4.67. The van der Waals surface area contributed by atoms with E-state index < -0.39 is 11.0 Å². The summed E-state index contributed by atoms with van der Waals surface area (Å²) >= 11 is 0. The fraction of sp³-hybridized carbons (Fsp3) is 0.818. The summed E-state index contributed by atoms with van der Waals surface area (Å²) in [5.74, 6) is -0.371. The molecule has 0 spiro atoms. The molecule has 0 aromatic carbocycles. The van der Waals surface area contributed by atoms with Gasteiger partial charge in [0.1, 0.15) is 11.2 Å². The molecule has 0 aliphatic heterocycles. The Morgan fingerprint density at radius 1 is 1.71 bits per heavy atom. The van der Waals surface area contributed by atoms with Crippen LogP contribution in [0.25, 0.3) is 0 Å². The number of nitrogens with zero attached hydrogens (tertiary/aromatic N) is 1. The van der Waals surface area contributed by atoms with Crippen LogP contribution in [0.2, 0.25) is 0 Å². The minimum absolute atomic E-state index is 0.146. The van der Waals surface area contributed by atoms with Crippen molar-refractivity contribution in [3.05, 3.63) is 0 Å². The van der Waals surface area contributed by atoms with Gasteiger partial charge in [0, 0.05) is 5.92 Å². The largest absolute Gasteiger partial charge is 0.390 e. The molecule has 0 heterocycles. The van der Waals surface area contributed by atoms with E-state index in [4.69, 9.17) is 5.26 Å². The molecule has 0 aromatic heterocycles. The van der Waals surface area contributed by atoms with Crippen LogP contribution >= 0.6 is 0 Å². The molecule has 78 valence electrons. The molecule has 3 atom stereocenters. The Hall–Kier alpha value is -0.880. The zero-order valence-corrected chi connectivity index (χ0v) is 9.00. The Bertz CT molecular complexity index is 290. The predicted octanol–water partition coefficient (Wildman–Crippen LogP) is 1.66. The number of ketones is 1. The number of Topliss-reactive ketones (excluding diaryl/α,β-unsaturated/α-hetero) is 1. The molecule has 0 saturated heterocycles. The van der Waals surface area contributed by atoms with E-state index in [-0.39, 0.29) is 11.7 Å². The van der Waals surface area contributed by atoms with Gasteiger partial charge in [0.2, 0.25) is 0 Å². The highest BCUT2D eigenvalue weighted by Crippen LogP contribution is 2.46. The third kappa shape index (κ3) is 1.55. The van der Waals surface area contributed by atoms with E-state index >= 15 is 0 Å². The third-order valence-corrected chi connectivity index (χ3v) is 3.59. The van der Waals surface area contributed by atoms with Crippen LogP contribution in [0, 0.1) is 22.7 Å². The van der Waals surface area contributed by atoms with E-state index in [9.17, 15) is 9.90 Å². The van der Waals surface area contributed by atoms with Crippen LogP contribution in [0.5, 0.6) is 0 Å². The quantitative estimate of drug-likeness (QED) is 0.728. The lowest BCUT2D eigenvalue weighted by Crippen LogP contribution is -2.43. The van der Waals surface area contributed by atoms with Crippen molar-refractivity contribution in [2.45, 2.75) is 45.6 Å². The number of aliphatic hydroxyl groups is 1. The second-order valence-electron chi connectivity index (χ2n) is 4.67. The molecule has 14 heavy (non-hydrogen) atoms. The molecule has 1 aliphatic rings. The van der Waals surface area contributed by atoms with Crippen LogP contribution in [0.15, 0.2) is 0 Å². The predicted molar refractivity (Wildman–Crippen MR) is 52.4 cm³/mol. The van der Waals surface area contributed by atoms with Crippen molar-refractivity contribution >= 4 is 5.78 Å². The summed E-state index contributed by atoms with van der Waals surface area (Å²) in [7, 11) is 0. The summed E-state index contributed by atoms with van der Waals surface area (Å²) in [6.07, 6.45) is 2.33. The lowest BCUT2D eigenvalue weighted by Gasteiger charge is -2.34. The molecule has 3 nitrogen and oxygen atoms in total. The Balaban J connectivity index is 3.03. The molecule has 1 fully saturated rings. The number of rotatable bonds is 2. The molecule has 0 radical (unpaired) electrons. The van der Waals surface area contributed by atoms with E-state index in [2.05, 4.69) is 6.07 Å². The normalized spacial score (nSPS) is 36.1. The van der Waals surface area contributed by atoms with Gasteiger partial charge in [-0.05, 0) is 33.6 Å². The highest BCUT2D eigenvalue weighted by Gasteiger charge is 2.50. The highest BCUT2D eigenvalue weighted by atomic mass is 16.3. The molecular weight excluding hydrogens is 178 g/mol. The third-order valence-electron chi connectivity index (χ3n) is 3.59. The number of carbonyl (C=O) groups is 1. The molecule has 1 rings (SSSR count). The SMILES string of the molecule is CC(=O)C(C)(C#N)C1CCCC1(C)O. The molecule has 0 amide bonds. The second kappa shape index (κ2) is 3.36. The van der Waals surface area contributed by atoms with Gasteiger partial charge in [0.05, 0.1) is 11.7 Å². The molecule has 3 unspecified atom stereocenters. The number of hydrogen-bond acceptors (Lipinski definition) is 3. The van der Waals surface area contributed by atoms with Gasteiger partial charge in [-0.2, -0.15) is 5.26 Å². The van der Waals surface area contributed by atoms with Crippen molar-refractivity contribution < 1.29 is 9.90 Å². The van der Waals surface area contributed by atoms with Gasteiger partial charge < -0.3 is 5.11 Å². The van der Waals surface area contributed by atoms with E-state index in [0.717, 1.165) is 12.8 Å². The minimum atomic E-state index is -1.03. The minimum Gasteiger partial charge on any atom is -0.390 e. The topological polar surface area (TPSA) is 61.1 Å². The van der Waals surface area contributed by atoms with E-state index in [1.54, 1.807) is 13.8 Å². The van der Waals surface area contributed by atoms with E-state index in [0.29, 0.717) is 6.42 Å². The van der Waals surface area contributed by atoms with Gasteiger partial charge in [0.15, 0.2) is 0 Å². The summed E-state index contributed by atoms with van der Waals surface area (Å²) in [5, 5.41) is 19.1. The standard InChI is InChI=1S/C11H17NO2/c1-8(13)10(2,7-12)9-5-4-6-11(9,3)14/h9,14H,4-6H2,1-3H3. The molecule has 3 heteroatoms. The van der Waals surface area contributed by atoms with Crippen LogP contribution in [0.4, 0.5) is 0 Å². The Kier molecular flexibility index (Phi) is 2.69. The first kappa shape index (κ1) is 11.2. The van der Waals surface area contributed by atoms with Crippen LogP contribution in [-0.4, -0.2) is 16.5 Å². The van der Waals surface area contributed by atoms with Crippen molar-refractivity contribution in [3.63, 3.8) is 0 Å². The molecule has 0 aromatic rings.